The Balaban J connectivity index is 1.70. The van der Waals surface area contributed by atoms with E-state index in [1.54, 1.807) is 65.8 Å². The fourth-order valence-corrected chi connectivity index (χ4v) is 6.69. The minimum absolute atomic E-state index is 0.0396. The lowest BCUT2D eigenvalue weighted by Crippen LogP contribution is -2.55. The molecule has 2 atom stereocenters. The van der Waals surface area contributed by atoms with Crippen molar-refractivity contribution in [1.29, 1.82) is 0 Å². The van der Waals surface area contributed by atoms with Crippen molar-refractivity contribution in [3.63, 3.8) is 0 Å². The molecule has 4 aromatic rings. The second-order valence-corrected chi connectivity index (χ2v) is 17.5. The fraction of sp³-hybridized carbons (Fsp3) is 0.318. The van der Waals surface area contributed by atoms with Crippen LogP contribution in [0, 0.1) is 5.41 Å². The minimum Gasteiger partial charge on any atom is -0.481 e. The zero-order valence-corrected chi connectivity index (χ0v) is 35.6. The molecule has 1 heterocycles. The number of alkyl carbamates (subject to hydrolysis) is 1. The summed E-state index contributed by atoms with van der Waals surface area (Å²) < 4.78 is 44.1. The van der Waals surface area contributed by atoms with Crippen LogP contribution >= 0.6 is 0 Å². The maximum absolute atomic E-state index is 14.3. The van der Waals surface area contributed by atoms with E-state index in [1.165, 1.54) is 43.5 Å². The Hall–Kier alpha value is -6.55. The lowest BCUT2D eigenvalue weighted by molar-refractivity contribution is -0.129. The van der Waals surface area contributed by atoms with E-state index in [9.17, 15) is 27.6 Å². The van der Waals surface area contributed by atoms with Crippen molar-refractivity contribution in [2.45, 2.75) is 72.1 Å². The largest absolute Gasteiger partial charge is 0.481 e. The Bertz CT molecular complexity index is 2320. The molecule has 0 bridgehead atoms. The second kappa shape index (κ2) is 19.9. The molecule has 0 aliphatic heterocycles. The first-order valence-electron chi connectivity index (χ1n) is 19.0. The first kappa shape index (κ1) is 46.1. The summed E-state index contributed by atoms with van der Waals surface area (Å²) in [5.41, 5.74) is -0.166. The highest BCUT2D eigenvalue weighted by Gasteiger charge is 2.37. The van der Waals surface area contributed by atoms with Gasteiger partial charge in [0.15, 0.2) is 5.82 Å². The van der Waals surface area contributed by atoms with Gasteiger partial charge in [-0.05, 0) is 74.9 Å². The van der Waals surface area contributed by atoms with Gasteiger partial charge in [0, 0.05) is 22.4 Å². The molecule has 0 fully saturated rings. The van der Waals surface area contributed by atoms with Crippen LogP contribution in [0.25, 0.3) is 17.5 Å². The van der Waals surface area contributed by atoms with Gasteiger partial charge in [0.1, 0.15) is 23.4 Å². The molecule has 0 saturated heterocycles. The van der Waals surface area contributed by atoms with E-state index in [4.69, 9.17) is 14.2 Å². The van der Waals surface area contributed by atoms with Gasteiger partial charge in [0.05, 0.1) is 18.9 Å². The molecule has 0 radical (unpaired) electrons. The first-order valence-corrected chi connectivity index (χ1v) is 20.7. The lowest BCUT2D eigenvalue weighted by Gasteiger charge is -2.32. The van der Waals surface area contributed by atoms with Gasteiger partial charge in [-0.1, -0.05) is 82.0 Å². The van der Waals surface area contributed by atoms with Crippen molar-refractivity contribution in [2.75, 3.05) is 18.2 Å². The van der Waals surface area contributed by atoms with Crippen LogP contribution in [0.15, 0.2) is 98.1 Å². The SMILES string of the molecule is C=CCCCS(=O)(=O)NC(=O)c1cccc(NC(=O)[C@@H](NC(=O)[C@@H](NC(=O)OC(C)(C)C)C(C)(C)C)c2ccc(Oc3cc(OC)nc(-c4ccccc4)n3)c(C=C)c2)c1. The quantitative estimate of drug-likeness (QED) is 0.0611. The van der Waals surface area contributed by atoms with Crippen LogP contribution in [0.3, 0.4) is 0 Å². The van der Waals surface area contributed by atoms with Crippen LogP contribution in [-0.4, -0.2) is 66.7 Å². The minimum atomic E-state index is -3.94. The normalized spacial score (nSPS) is 12.5. The molecule has 3 aromatic carbocycles. The molecule has 16 heteroatoms. The number of aromatic nitrogens is 2. The second-order valence-electron chi connectivity index (χ2n) is 15.7. The monoisotopic (exact) mass is 840 g/mol. The molecule has 0 unspecified atom stereocenters. The molecule has 1 aromatic heterocycles. The summed E-state index contributed by atoms with van der Waals surface area (Å²) in [6, 6.07) is 18.6. The number of anilines is 1. The number of carbonyl (C=O) groups excluding carboxylic acids is 4. The van der Waals surface area contributed by atoms with Crippen molar-refractivity contribution in [3.8, 4) is 28.9 Å². The maximum atomic E-state index is 14.3. The summed E-state index contributed by atoms with van der Waals surface area (Å²) in [6.45, 7) is 17.8. The number of nitrogens with one attached hydrogen (secondary N) is 4. The van der Waals surface area contributed by atoms with Gasteiger partial charge in [-0.15, -0.1) is 6.58 Å². The molecule has 318 valence electrons. The number of benzene rings is 3. The molecule has 0 saturated carbocycles. The number of unbranched alkanes of at least 4 members (excludes halogenated alkanes) is 1. The predicted molar refractivity (Wildman–Crippen MR) is 230 cm³/mol. The molecule has 0 aliphatic rings. The van der Waals surface area contributed by atoms with Crippen LogP contribution in [0.5, 0.6) is 17.5 Å². The van der Waals surface area contributed by atoms with Gasteiger partial charge in [0.25, 0.3) is 11.8 Å². The number of sulfonamides is 1. The average Bonchev–Trinajstić information content (AvgIpc) is 3.18. The van der Waals surface area contributed by atoms with Gasteiger partial charge in [-0.25, -0.2) is 17.9 Å². The number of allylic oxidation sites excluding steroid dienone is 1. The maximum Gasteiger partial charge on any atom is 0.408 e. The van der Waals surface area contributed by atoms with Crippen LogP contribution in [-0.2, 0) is 24.3 Å². The molecular weight excluding hydrogens is 789 g/mol. The zero-order chi connectivity index (χ0) is 44.3. The summed E-state index contributed by atoms with van der Waals surface area (Å²) in [5.74, 6) is -1.52. The molecule has 0 spiro atoms. The van der Waals surface area contributed by atoms with Gasteiger partial charge in [-0.2, -0.15) is 9.97 Å². The van der Waals surface area contributed by atoms with E-state index < -0.39 is 56.9 Å². The zero-order valence-electron chi connectivity index (χ0n) is 34.8. The Morgan fingerprint density at radius 2 is 1.53 bits per heavy atom. The highest BCUT2D eigenvalue weighted by Crippen LogP contribution is 2.32. The number of carbonyl (C=O) groups is 4. The van der Waals surface area contributed by atoms with Gasteiger partial charge >= 0.3 is 6.09 Å². The fourth-order valence-electron chi connectivity index (χ4n) is 5.64. The molecule has 0 aliphatic carbocycles. The summed E-state index contributed by atoms with van der Waals surface area (Å²) in [6.07, 6.45) is 2.99. The number of nitrogens with zero attached hydrogens (tertiary/aromatic N) is 2. The lowest BCUT2D eigenvalue weighted by atomic mass is 9.86. The first-order chi connectivity index (χ1) is 28.2. The van der Waals surface area contributed by atoms with Gasteiger partial charge in [0.2, 0.25) is 27.7 Å². The van der Waals surface area contributed by atoms with Crippen molar-refractivity contribution in [2.24, 2.45) is 5.41 Å². The summed E-state index contributed by atoms with van der Waals surface area (Å²) in [7, 11) is -2.47. The molecule has 4 amide bonds. The van der Waals surface area contributed by atoms with Crippen LogP contribution < -0.4 is 30.1 Å². The summed E-state index contributed by atoms with van der Waals surface area (Å²) in [5, 5.41) is 8.15. The number of rotatable bonds is 17. The smallest absolute Gasteiger partial charge is 0.408 e. The number of hydrogen-bond acceptors (Lipinski definition) is 11. The van der Waals surface area contributed by atoms with Crippen molar-refractivity contribution < 1.29 is 41.8 Å². The van der Waals surface area contributed by atoms with E-state index in [1.807, 2.05) is 35.1 Å². The van der Waals surface area contributed by atoms with Gasteiger partial charge in [-0.3, -0.25) is 14.4 Å². The van der Waals surface area contributed by atoms with Crippen LogP contribution in [0.4, 0.5) is 10.5 Å². The average molecular weight is 841 g/mol. The Morgan fingerprint density at radius 1 is 0.833 bits per heavy atom. The van der Waals surface area contributed by atoms with Crippen molar-refractivity contribution in [3.05, 3.63) is 115 Å². The number of ether oxygens (including phenoxy) is 3. The number of methoxy groups -OCH3 is 1. The van der Waals surface area contributed by atoms with Crippen molar-refractivity contribution >= 4 is 45.6 Å². The highest BCUT2D eigenvalue weighted by molar-refractivity contribution is 7.90. The topological polar surface area (TPSA) is 204 Å². The summed E-state index contributed by atoms with van der Waals surface area (Å²) in [4.78, 5) is 63.3. The highest BCUT2D eigenvalue weighted by atomic mass is 32.2. The molecule has 4 rings (SSSR count). The third kappa shape index (κ3) is 13.5. The van der Waals surface area contributed by atoms with E-state index >= 15 is 0 Å². The third-order valence-electron chi connectivity index (χ3n) is 8.52. The number of amides is 4. The Morgan fingerprint density at radius 3 is 2.17 bits per heavy atom. The number of hydrogen-bond donors (Lipinski definition) is 4. The Kier molecular flexibility index (Phi) is 15.3. The molecule has 15 nitrogen and oxygen atoms in total. The van der Waals surface area contributed by atoms with Crippen LogP contribution in [0.2, 0.25) is 0 Å². The standard InChI is InChI=1S/C44H52N6O9S/c1-10-12-16-24-60(55,56)50-39(51)31-20-17-21-32(26-31)45-40(52)36(48-41(53)37(43(3,4)5)49-42(54)59-44(6,7)8)30-22-23-33(28(11-2)25-30)58-35-27-34(57-9)46-38(47-35)29-18-14-13-15-19-29/h10-11,13-15,17-23,25-27,36-37H,1-2,12,16,24H2,3-9H3,(H,45,52)(H,48,53)(H,49,54)(H,50,51)/t36-,37+/m0/s1. The van der Waals surface area contributed by atoms with E-state index in [0.29, 0.717) is 23.6 Å². The summed E-state index contributed by atoms with van der Waals surface area (Å²) >= 11 is 0. The van der Waals surface area contributed by atoms with Crippen molar-refractivity contribution in [1.82, 2.24) is 25.3 Å². The third-order valence-corrected chi connectivity index (χ3v) is 9.84. The molecular formula is C44H52N6O9S. The molecule has 4 N–H and O–H groups in total. The van der Waals surface area contributed by atoms with E-state index in [2.05, 4.69) is 39.1 Å². The van der Waals surface area contributed by atoms with Gasteiger partial charge < -0.3 is 30.2 Å². The van der Waals surface area contributed by atoms with Crippen LogP contribution in [0.1, 0.15) is 81.9 Å². The van der Waals surface area contributed by atoms with E-state index in [-0.39, 0.29) is 40.7 Å². The Labute approximate surface area is 351 Å². The predicted octanol–water partition coefficient (Wildman–Crippen LogP) is 7.35. The van der Waals surface area contributed by atoms with E-state index in [0.717, 1.165) is 5.56 Å². The molecule has 60 heavy (non-hydrogen) atoms.